The van der Waals surface area contributed by atoms with Crippen LogP contribution in [0.4, 0.5) is 13.2 Å². The molecule has 0 unspecified atom stereocenters. The van der Waals surface area contributed by atoms with Crippen LogP contribution in [0.1, 0.15) is 59.7 Å². The maximum atomic E-state index is 12.8. The quantitative estimate of drug-likeness (QED) is 0.288. The minimum atomic E-state index is -4.35. The molecule has 0 atom stereocenters. The number of pyridine rings is 1. The van der Waals surface area contributed by atoms with Gasteiger partial charge in [-0.3, -0.25) is 9.78 Å². The monoisotopic (exact) mass is 511 g/mol. The van der Waals surface area contributed by atoms with Crippen LogP contribution in [0.25, 0.3) is 11.3 Å². The Kier molecular flexibility index (Phi) is 8.52. The number of benzene rings is 2. The lowest BCUT2D eigenvalue weighted by Crippen LogP contribution is -2.12. The lowest BCUT2D eigenvalue weighted by molar-refractivity contribution is -0.143. The normalized spacial score (nSPS) is 13.2. The fraction of sp³-hybridized carbons (Fsp3) is 0.400. The summed E-state index contributed by atoms with van der Waals surface area (Å²) >= 11 is 0. The molecule has 0 saturated carbocycles. The largest absolute Gasteiger partial charge is 0.493 e. The van der Waals surface area contributed by atoms with Crippen molar-refractivity contribution in [2.45, 2.75) is 65.0 Å². The van der Waals surface area contributed by atoms with E-state index in [-0.39, 0.29) is 5.97 Å². The summed E-state index contributed by atoms with van der Waals surface area (Å²) in [7, 11) is 0. The maximum Gasteiger partial charge on any atom is 0.416 e. The van der Waals surface area contributed by atoms with Gasteiger partial charge in [-0.15, -0.1) is 0 Å². The molecule has 0 fully saturated rings. The number of esters is 1. The van der Waals surface area contributed by atoms with Crippen LogP contribution in [0.15, 0.2) is 48.5 Å². The van der Waals surface area contributed by atoms with E-state index in [0.29, 0.717) is 43.7 Å². The summed E-state index contributed by atoms with van der Waals surface area (Å²) in [5.74, 6) is 0.738. The van der Waals surface area contributed by atoms with Crippen LogP contribution in [0.5, 0.6) is 5.75 Å². The van der Waals surface area contributed by atoms with E-state index >= 15 is 0 Å². The number of carbonyl (C=O) groups excluding carboxylic acids is 1. The molecule has 0 N–H and O–H groups in total. The molecule has 37 heavy (non-hydrogen) atoms. The van der Waals surface area contributed by atoms with Crippen LogP contribution in [-0.2, 0) is 41.4 Å². The van der Waals surface area contributed by atoms with E-state index in [1.165, 1.54) is 28.8 Å². The van der Waals surface area contributed by atoms with Gasteiger partial charge in [0, 0.05) is 24.1 Å². The summed E-state index contributed by atoms with van der Waals surface area (Å²) in [5, 5.41) is 0. The molecule has 0 amide bonds. The number of nitrogens with zero attached hydrogens (tertiary/aromatic N) is 1. The second kappa shape index (κ2) is 11.8. The van der Waals surface area contributed by atoms with Crippen molar-refractivity contribution in [3.8, 4) is 17.0 Å². The van der Waals surface area contributed by atoms with Gasteiger partial charge in [0.25, 0.3) is 0 Å². The molecule has 0 spiro atoms. The zero-order valence-electron chi connectivity index (χ0n) is 21.3. The molecule has 7 heteroatoms. The first-order valence-corrected chi connectivity index (χ1v) is 12.8. The van der Waals surface area contributed by atoms with Gasteiger partial charge in [-0.05, 0) is 92.5 Å². The van der Waals surface area contributed by atoms with Gasteiger partial charge in [-0.2, -0.15) is 13.2 Å². The van der Waals surface area contributed by atoms with E-state index in [1.54, 1.807) is 0 Å². The average molecular weight is 512 g/mol. The topological polar surface area (TPSA) is 48.4 Å². The minimum Gasteiger partial charge on any atom is -0.493 e. The highest BCUT2D eigenvalue weighted by Gasteiger charge is 2.30. The Labute approximate surface area is 215 Å². The molecule has 196 valence electrons. The van der Waals surface area contributed by atoms with Crippen molar-refractivity contribution >= 4 is 5.97 Å². The number of carbonyl (C=O) groups is 1. The molecular formula is C30H32F3NO3. The SMILES string of the molecule is CCOC(=O)CCc1ccc(OCCc2ccc(-c3ccc(C(F)(F)F)cc3)nc2C)c2c1CCCC2. The summed E-state index contributed by atoms with van der Waals surface area (Å²) in [5.41, 5.74) is 6.25. The first-order valence-electron chi connectivity index (χ1n) is 12.8. The van der Waals surface area contributed by atoms with Gasteiger partial charge in [-0.1, -0.05) is 24.3 Å². The zero-order chi connectivity index (χ0) is 26.4. The molecule has 0 bridgehead atoms. The van der Waals surface area contributed by atoms with Crippen LogP contribution in [0.2, 0.25) is 0 Å². The molecule has 0 radical (unpaired) electrons. The van der Waals surface area contributed by atoms with Gasteiger partial charge >= 0.3 is 12.1 Å². The number of hydrogen-bond acceptors (Lipinski definition) is 4. The number of aryl methyl sites for hydroxylation is 2. The van der Waals surface area contributed by atoms with Crippen molar-refractivity contribution in [2.24, 2.45) is 0 Å². The zero-order valence-corrected chi connectivity index (χ0v) is 21.3. The van der Waals surface area contributed by atoms with Crippen LogP contribution in [0, 0.1) is 6.92 Å². The van der Waals surface area contributed by atoms with E-state index < -0.39 is 11.7 Å². The third kappa shape index (κ3) is 6.70. The van der Waals surface area contributed by atoms with Crippen molar-refractivity contribution in [2.75, 3.05) is 13.2 Å². The second-order valence-corrected chi connectivity index (χ2v) is 9.31. The van der Waals surface area contributed by atoms with Crippen LogP contribution >= 0.6 is 0 Å². The first kappa shape index (κ1) is 26.7. The molecule has 3 aromatic rings. The van der Waals surface area contributed by atoms with Crippen LogP contribution in [0.3, 0.4) is 0 Å². The molecule has 1 aromatic heterocycles. The molecule has 0 saturated heterocycles. The number of rotatable bonds is 9. The van der Waals surface area contributed by atoms with Gasteiger partial charge in [-0.25, -0.2) is 0 Å². The molecule has 2 aromatic carbocycles. The number of aromatic nitrogens is 1. The predicted octanol–water partition coefficient (Wildman–Crippen LogP) is 7.07. The Morgan fingerprint density at radius 2 is 1.62 bits per heavy atom. The smallest absolute Gasteiger partial charge is 0.416 e. The molecule has 1 aliphatic carbocycles. The summed E-state index contributed by atoms with van der Waals surface area (Å²) in [6.07, 6.45) is 1.61. The highest BCUT2D eigenvalue weighted by molar-refractivity contribution is 5.70. The van der Waals surface area contributed by atoms with Gasteiger partial charge in [0.1, 0.15) is 5.75 Å². The van der Waals surface area contributed by atoms with E-state index in [4.69, 9.17) is 9.47 Å². The van der Waals surface area contributed by atoms with Crippen LogP contribution in [-0.4, -0.2) is 24.2 Å². The first-order chi connectivity index (χ1) is 17.8. The number of halogens is 3. The molecule has 1 aliphatic rings. The van der Waals surface area contributed by atoms with E-state index in [0.717, 1.165) is 54.8 Å². The summed E-state index contributed by atoms with van der Waals surface area (Å²) in [4.78, 5) is 16.4. The highest BCUT2D eigenvalue weighted by Crippen LogP contribution is 2.34. The fourth-order valence-electron chi connectivity index (χ4n) is 4.86. The molecule has 0 aliphatic heterocycles. The lowest BCUT2D eigenvalue weighted by Gasteiger charge is -2.23. The Hall–Kier alpha value is -3.35. The number of ether oxygens (including phenoxy) is 2. The van der Waals surface area contributed by atoms with Gasteiger partial charge in [0.05, 0.1) is 24.5 Å². The van der Waals surface area contributed by atoms with Gasteiger partial charge in [0.15, 0.2) is 0 Å². The number of fused-ring (bicyclic) bond motifs is 1. The Morgan fingerprint density at radius 3 is 2.30 bits per heavy atom. The Morgan fingerprint density at radius 1 is 0.919 bits per heavy atom. The third-order valence-electron chi connectivity index (χ3n) is 6.82. The summed E-state index contributed by atoms with van der Waals surface area (Å²) in [6, 6.07) is 13.0. The number of alkyl halides is 3. The fourth-order valence-corrected chi connectivity index (χ4v) is 4.86. The van der Waals surface area contributed by atoms with Crippen molar-refractivity contribution in [1.82, 2.24) is 4.98 Å². The van der Waals surface area contributed by atoms with Crippen molar-refractivity contribution in [1.29, 1.82) is 0 Å². The third-order valence-corrected chi connectivity index (χ3v) is 6.82. The van der Waals surface area contributed by atoms with E-state index in [2.05, 4.69) is 11.1 Å². The molecule has 4 rings (SSSR count). The van der Waals surface area contributed by atoms with E-state index in [1.807, 2.05) is 32.0 Å². The second-order valence-electron chi connectivity index (χ2n) is 9.31. The van der Waals surface area contributed by atoms with Gasteiger partial charge in [0.2, 0.25) is 0 Å². The standard InChI is InChI=1S/C30H32F3NO3/c1-3-36-29(35)17-12-22-11-16-28(26-7-5-4-6-25(22)26)37-19-18-21-10-15-27(34-20(21)2)23-8-13-24(14-9-23)30(31,32)33/h8-11,13-16H,3-7,12,17-19H2,1-2H3. The van der Waals surface area contributed by atoms with Crippen molar-refractivity contribution < 1.29 is 27.4 Å². The Bertz CT molecular complexity index is 1240. The van der Waals surface area contributed by atoms with Crippen molar-refractivity contribution in [3.05, 3.63) is 82.0 Å². The van der Waals surface area contributed by atoms with E-state index in [9.17, 15) is 18.0 Å². The van der Waals surface area contributed by atoms with Gasteiger partial charge < -0.3 is 9.47 Å². The summed E-state index contributed by atoms with van der Waals surface area (Å²) in [6.45, 7) is 4.62. The highest BCUT2D eigenvalue weighted by atomic mass is 19.4. The number of hydrogen-bond donors (Lipinski definition) is 0. The maximum absolute atomic E-state index is 12.8. The minimum absolute atomic E-state index is 0.166. The van der Waals surface area contributed by atoms with Crippen LogP contribution < -0.4 is 4.74 Å². The molecular weight excluding hydrogens is 479 g/mol. The summed E-state index contributed by atoms with van der Waals surface area (Å²) < 4.78 is 49.8. The predicted molar refractivity (Wildman–Crippen MR) is 137 cm³/mol. The lowest BCUT2D eigenvalue weighted by atomic mass is 9.86. The molecule has 4 nitrogen and oxygen atoms in total. The average Bonchev–Trinajstić information content (AvgIpc) is 2.88. The Balaban J connectivity index is 1.40. The molecule has 1 heterocycles. The van der Waals surface area contributed by atoms with Crippen molar-refractivity contribution in [3.63, 3.8) is 0 Å².